The van der Waals surface area contributed by atoms with Crippen LogP contribution in [0.1, 0.15) is 10.4 Å². The minimum atomic E-state index is -1.05. The van der Waals surface area contributed by atoms with E-state index in [1.807, 2.05) is 53.4 Å². The normalized spacial score (nSPS) is 15.0. The zero-order chi connectivity index (χ0) is 17.1. The van der Waals surface area contributed by atoms with Gasteiger partial charge >= 0.3 is 0 Å². The fourth-order valence-electron chi connectivity index (χ4n) is 2.73. The molecular formula is C17H17Cl2N3O2. The van der Waals surface area contributed by atoms with Crippen molar-refractivity contribution in [1.29, 1.82) is 0 Å². The molecule has 126 valence electrons. The molecule has 5 nitrogen and oxygen atoms in total. The smallest absolute Gasteiger partial charge is 0.255 e. The number of aromatic nitrogens is 1. The van der Waals surface area contributed by atoms with Crippen LogP contribution in [0.4, 0.5) is 0 Å². The van der Waals surface area contributed by atoms with Gasteiger partial charge in [-0.1, -0.05) is 23.2 Å². The Kier molecular flexibility index (Phi) is 5.11. The minimum Gasteiger partial charge on any atom is -0.337 e. The first kappa shape index (κ1) is 16.9. The number of carbonyl (C=O) groups is 2. The molecule has 0 bridgehead atoms. The second kappa shape index (κ2) is 7.28. The fourth-order valence-corrected chi connectivity index (χ4v) is 3.01. The molecule has 1 aliphatic heterocycles. The van der Waals surface area contributed by atoms with Gasteiger partial charge in [0.2, 0.25) is 0 Å². The lowest BCUT2D eigenvalue weighted by atomic mass is 10.1. The molecule has 0 saturated carbocycles. The lowest BCUT2D eigenvalue weighted by Crippen LogP contribution is -2.51. The van der Waals surface area contributed by atoms with Gasteiger partial charge in [0.15, 0.2) is 4.84 Å². The van der Waals surface area contributed by atoms with Crippen LogP contribution >= 0.6 is 23.2 Å². The van der Waals surface area contributed by atoms with Crippen LogP contribution in [0, 0.1) is 0 Å². The second-order valence-corrected chi connectivity index (χ2v) is 6.65. The Bertz CT molecular complexity index is 706. The highest BCUT2D eigenvalue weighted by Crippen LogP contribution is 2.15. The number of amides is 2. The first-order chi connectivity index (χ1) is 11.6. The highest BCUT2D eigenvalue weighted by Gasteiger charge is 2.27. The van der Waals surface area contributed by atoms with Crippen molar-refractivity contribution in [3.8, 4) is 5.69 Å². The fraction of sp³-hybridized carbons (Fsp3) is 0.294. The molecule has 2 amide bonds. The van der Waals surface area contributed by atoms with Gasteiger partial charge in [-0.25, -0.2) is 0 Å². The predicted molar refractivity (Wildman–Crippen MR) is 93.7 cm³/mol. The summed E-state index contributed by atoms with van der Waals surface area (Å²) in [6, 6.07) is 11.4. The topological polar surface area (TPSA) is 45.6 Å². The van der Waals surface area contributed by atoms with Gasteiger partial charge in [-0.15, -0.1) is 0 Å². The molecular weight excluding hydrogens is 349 g/mol. The Morgan fingerprint density at radius 3 is 1.96 bits per heavy atom. The quantitative estimate of drug-likeness (QED) is 0.784. The number of hydrogen-bond acceptors (Lipinski definition) is 2. The summed E-state index contributed by atoms with van der Waals surface area (Å²) in [5, 5.41) is 0. The van der Waals surface area contributed by atoms with Crippen molar-refractivity contribution in [2.24, 2.45) is 0 Å². The summed E-state index contributed by atoms with van der Waals surface area (Å²) >= 11 is 11.2. The van der Waals surface area contributed by atoms with Gasteiger partial charge in [0.25, 0.3) is 11.8 Å². The van der Waals surface area contributed by atoms with Crippen LogP contribution in [-0.4, -0.2) is 57.2 Å². The van der Waals surface area contributed by atoms with Gasteiger partial charge in [-0.3, -0.25) is 9.59 Å². The van der Waals surface area contributed by atoms with E-state index in [0.29, 0.717) is 31.7 Å². The molecule has 3 rings (SSSR count). The summed E-state index contributed by atoms with van der Waals surface area (Å²) in [7, 11) is 0. The van der Waals surface area contributed by atoms with Gasteiger partial charge in [0.05, 0.1) is 0 Å². The number of nitrogens with zero attached hydrogens (tertiary/aromatic N) is 3. The van der Waals surface area contributed by atoms with E-state index in [4.69, 9.17) is 23.2 Å². The Balaban J connectivity index is 1.62. The Morgan fingerprint density at radius 1 is 0.875 bits per heavy atom. The van der Waals surface area contributed by atoms with E-state index < -0.39 is 4.84 Å². The molecule has 0 atom stereocenters. The molecule has 0 radical (unpaired) electrons. The molecule has 0 N–H and O–H groups in total. The number of piperazine rings is 1. The van der Waals surface area contributed by atoms with Crippen molar-refractivity contribution in [2.45, 2.75) is 4.84 Å². The molecule has 1 aromatic carbocycles. The van der Waals surface area contributed by atoms with Crippen LogP contribution in [0.15, 0.2) is 48.8 Å². The molecule has 1 aliphatic rings. The van der Waals surface area contributed by atoms with E-state index in [1.165, 1.54) is 0 Å². The highest BCUT2D eigenvalue weighted by atomic mass is 35.5. The molecule has 0 spiro atoms. The zero-order valence-corrected chi connectivity index (χ0v) is 14.5. The monoisotopic (exact) mass is 365 g/mol. The van der Waals surface area contributed by atoms with E-state index in [9.17, 15) is 9.59 Å². The maximum absolute atomic E-state index is 12.6. The number of benzene rings is 1. The maximum Gasteiger partial charge on any atom is 0.255 e. The summed E-state index contributed by atoms with van der Waals surface area (Å²) in [6.07, 6.45) is 3.90. The summed E-state index contributed by atoms with van der Waals surface area (Å²) in [4.78, 5) is 26.6. The van der Waals surface area contributed by atoms with Gasteiger partial charge < -0.3 is 14.4 Å². The van der Waals surface area contributed by atoms with Crippen molar-refractivity contribution in [2.75, 3.05) is 26.2 Å². The standard InChI is InChI=1S/C17H17Cl2N3O2/c18-15(19)17(24)22-11-9-21(10-12-22)16(23)13-3-5-14(6-4-13)20-7-1-2-8-20/h1-8,15H,9-12H2. The molecule has 2 aromatic rings. The molecule has 0 aliphatic carbocycles. The number of rotatable bonds is 3. The molecule has 1 fully saturated rings. The summed E-state index contributed by atoms with van der Waals surface area (Å²) in [5.41, 5.74) is 1.64. The second-order valence-electron chi connectivity index (χ2n) is 5.56. The van der Waals surface area contributed by atoms with E-state index in [1.54, 1.807) is 9.80 Å². The number of carbonyl (C=O) groups excluding carboxylic acids is 2. The largest absolute Gasteiger partial charge is 0.337 e. The summed E-state index contributed by atoms with van der Waals surface area (Å²) in [5.74, 6) is -0.337. The van der Waals surface area contributed by atoms with Gasteiger partial charge in [-0.2, -0.15) is 0 Å². The summed E-state index contributed by atoms with van der Waals surface area (Å²) in [6.45, 7) is 1.85. The first-order valence-corrected chi connectivity index (χ1v) is 8.53. The van der Waals surface area contributed by atoms with E-state index >= 15 is 0 Å². The van der Waals surface area contributed by atoms with Crippen LogP contribution in [0.5, 0.6) is 0 Å². The lowest BCUT2D eigenvalue weighted by molar-refractivity contribution is -0.130. The lowest BCUT2D eigenvalue weighted by Gasteiger charge is -2.35. The number of hydrogen-bond donors (Lipinski definition) is 0. The Labute approximate surface area is 150 Å². The van der Waals surface area contributed by atoms with Crippen molar-refractivity contribution >= 4 is 35.0 Å². The van der Waals surface area contributed by atoms with Crippen LogP contribution in [0.2, 0.25) is 0 Å². The first-order valence-electron chi connectivity index (χ1n) is 7.66. The highest BCUT2D eigenvalue weighted by molar-refractivity contribution is 6.53. The summed E-state index contributed by atoms with van der Waals surface area (Å²) < 4.78 is 1.98. The third kappa shape index (κ3) is 3.57. The number of halogens is 2. The molecule has 24 heavy (non-hydrogen) atoms. The van der Waals surface area contributed by atoms with E-state index in [-0.39, 0.29) is 11.8 Å². The van der Waals surface area contributed by atoms with Crippen molar-refractivity contribution < 1.29 is 9.59 Å². The van der Waals surface area contributed by atoms with Crippen molar-refractivity contribution in [3.05, 3.63) is 54.4 Å². The Hall–Kier alpha value is -1.98. The minimum absolute atomic E-state index is 0.0329. The Morgan fingerprint density at radius 2 is 1.42 bits per heavy atom. The van der Waals surface area contributed by atoms with Crippen LogP contribution in [-0.2, 0) is 4.79 Å². The third-order valence-corrected chi connectivity index (χ3v) is 4.46. The molecule has 2 heterocycles. The molecule has 1 aromatic heterocycles. The van der Waals surface area contributed by atoms with Gasteiger partial charge in [0, 0.05) is 49.8 Å². The van der Waals surface area contributed by atoms with Crippen LogP contribution in [0.25, 0.3) is 5.69 Å². The molecule has 0 unspecified atom stereocenters. The van der Waals surface area contributed by atoms with Gasteiger partial charge in [0.1, 0.15) is 0 Å². The zero-order valence-electron chi connectivity index (χ0n) is 12.9. The average Bonchev–Trinajstić information content (AvgIpc) is 3.15. The number of alkyl halides is 2. The molecule has 1 saturated heterocycles. The van der Waals surface area contributed by atoms with Gasteiger partial charge in [-0.05, 0) is 36.4 Å². The maximum atomic E-state index is 12.6. The SMILES string of the molecule is O=C(c1ccc(-n2cccc2)cc1)N1CCN(C(=O)C(Cl)Cl)CC1. The van der Waals surface area contributed by atoms with E-state index in [2.05, 4.69) is 0 Å². The van der Waals surface area contributed by atoms with Crippen molar-refractivity contribution in [1.82, 2.24) is 14.4 Å². The third-order valence-electron chi connectivity index (χ3n) is 4.08. The van der Waals surface area contributed by atoms with Crippen LogP contribution in [0.3, 0.4) is 0 Å². The van der Waals surface area contributed by atoms with Crippen LogP contribution < -0.4 is 0 Å². The molecule has 7 heteroatoms. The van der Waals surface area contributed by atoms with Crippen molar-refractivity contribution in [3.63, 3.8) is 0 Å². The van der Waals surface area contributed by atoms with E-state index in [0.717, 1.165) is 5.69 Å². The predicted octanol–water partition coefficient (Wildman–Crippen LogP) is 2.57. The average molecular weight is 366 g/mol.